The summed E-state index contributed by atoms with van der Waals surface area (Å²) in [7, 11) is -2.38. The maximum Gasteiger partial charge on any atom is 0.293 e. The molecule has 148 valence electrons. The first-order valence-electron chi connectivity index (χ1n) is 8.62. The largest absolute Gasteiger partial charge is 0.377 e. The third kappa shape index (κ3) is 4.29. The summed E-state index contributed by atoms with van der Waals surface area (Å²) in [5, 5.41) is 17.0. The second kappa shape index (κ2) is 7.56. The van der Waals surface area contributed by atoms with Gasteiger partial charge in [-0.05, 0) is 56.6 Å². The molecule has 3 rings (SSSR count). The standard InChI is InChI=1S/C18H20N4O5S/c1-11-3-5-14(10-17(11)28(26,27)19-2)21-18(23)12-4-8-15(20-13-6-7-13)16(9-12)22(24)25/h3-5,8-10,13,19-20H,6-7H2,1-2H3,(H,21,23). The highest BCUT2D eigenvalue weighted by Gasteiger charge is 2.25. The molecule has 0 unspecified atom stereocenters. The van der Waals surface area contributed by atoms with Crippen molar-refractivity contribution in [2.24, 2.45) is 0 Å². The molecule has 1 aliphatic carbocycles. The number of rotatable bonds is 7. The summed E-state index contributed by atoms with van der Waals surface area (Å²) in [5.74, 6) is -0.572. The Morgan fingerprint density at radius 3 is 2.50 bits per heavy atom. The van der Waals surface area contributed by atoms with E-state index >= 15 is 0 Å². The third-order valence-corrected chi connectivity index (χ3v) is 5.95. The van der Waals surface area contributed by atoms with Crippen molar-refractivity contribution >= 4 is 33.0 Å². The van der Waals surface area contributed by atoms with Crippen molar-refractivity contribution in [1.29, 1.82) is 0 Å². The molecule has 10 heteroatoms. The summed E-state index contributed by atoms with van der Waals surface area (Å²) in [6.07, 6.45) is 1.93. The maximum absolute atomic E-state index is 12.5. The van der Waals surface area contributed by atoms with Crippen LogP contribution < -0.4 is 15.4 Å². The maximum atomic E-state index is 12.5. The van der Waals surface area contributed by atoms with Crippen LogP contribution >= 0.6 is 0 Å². The molecule has 28 heavy (non-hydrogen) atoms. The van der Waals surface area contributed by atoms with Gasteiger partial charge in [0.1, 0.15) is 5.69 Å². The first-order valence-corrected chi connectivity index (χ1v) is 10.1. The van der Waals surface area contributed by atoms with Crippen LogP contribution in [0.1, 0.15) is 28.8 Å². The van der Waals surface area contributed by atoms with Crippen LogP contribution in [0.15, 0.2) is 41.3 Å². The van der Waals surface area contributed by atoms with Gasteiger partial charge in [-0.2, -0.15) is 0 Å². The van der Waals surface area contributed by atoms with E-state index in [1.54, 1.807) is 19.1 Å². The van der Waals surface area contributed by atoms with E-state index in [9.17, 15) is 23.3 Å². The monoisotopic (exact) mass is 404 g/mol. The lowest BCUT2D eigenvalue weighted by atomic mass is 10.1. The number of anilines is 2. The number of carbonyl (C=O) groups excluding carboxylic acids is 1. The van der Waals surface area contributed by atoms with Gasteiger partial charge in [0.25, 0.3) is 11.6 Å². The highest BCUT2D eigenvalue weighted by molar-refractivity contribution is 7.89. The number of sulfonamides is 1. The van der Waals surface area contributed by atoms with Crippen molar-refractivity contribution in [1.82, 2.24) is 4.72 Å². The molecular weight excluding hydrogens is 384 g/mol. The number of nitrogens with zero attached hydrogens (tertiary/aromatic N) is 1. The van der Waals surface area contributed by atoms with E-state index in [0.717, 1.165) is 12.8 Å². The fraction of sp³-hybridized carbons (Fsp3) is 0.278. The minimum Gasteiger partial charge on any atom is -0.377 e. The predicted octanol–water partition coefficient (Wildman–Crippen LogP) is 2.64. The van der Waals surface area contributed by atoms with Crippen LogP contribution in [0.25, 0.3) is 0 Å². The van der Waals surface area contributed by atoms with Gasteiger partial charge < -0.3 is 10.6 Å². The molecule has 1 fully saturated rings. The topological polar surface area (TPSA) is 130 Å². The van der Waals surface area contributed by atoms with Gasteiger partial charge in [0.2, 0.25) is 10.0 Å². The average Bonchev–Trinajstić information content (AvgIpc) is 3.47. The van der Waals surface area contributed by atoms with Crippen LogP contribution in [0.4, 0.5) is 17.1 Å². The zero-order valence-electron chi connectivity index (χ0n) is 15.4. The molecule has 1 amide bonds. The molecule has 0 atom stereocenters. The van der Waals surface area contributed by atoms with Crippen molar-refractivity contribution in [3.63, 3.8) is 0 Å². The van der Waals surface area contributed by atoms with Crippen LogP contribution in [0.5, 0.6) is 0 Å². The number of nitro groups is 1. The molecule has 0 saturated heterocycles. The highest BCUT2D eigenvalue weighted by atomic mass is 32.2. The molecule has 0 aliphatic heterocycles. The van der Waals surface area contributed by atoms with Gasteiger partial charge in [0, 0.05) is 23.4 Å². The van der Waals surface area contributed by atoms with Crippen molar-refractivity contribution < 1.29 is 18.1 Å². The minimum atomic E-state index is -3.68. The SMILES string of the molecule is CNS(=O)(=O)c1cc(NC(=O)c2ccc(NC3CC3)c([N+](=O)[O-])c2)ccc1C. The van der Waals surface area contributed by atoms with E-state index in [1.165, 1.54) is 31.3 Å². The summed E-state index contributed by atoms with van der Waals surface area (Å²) in [5.41, 5.74) is 1.10. The molecule has 3 N–H and O–H groups in total. The zero-order chi connectivity index (χ0) is 20.5. The summed E-state index contributed by atoms with van der Waals surface area (Å²) in [6, 6.07) is 8.93. The quantitative estimate of drug-likeness (QED) is 0.480. The molecule has 2 aromatic rings. The lowest BCUT2D eigenvalue weighted by molar-refractivity contribution is -0.384. The molecule has 0 radical (unpaired) electrons. The minimum absolute atomic E-state index is 0.0442. The van der Waals surface area contributed by atoms with E-state index in [2.05, 4.69) is 15.4 Å². The Labute approximate surface area is 162 Å². The zero-order valence-corrected chi connectivity index (χ0v) is 16.2. The van der Waals surface area contributed by atoms with Crippen LogP contribution in [-0.4, -0.2) is 32.3 Å². The third-order valence-electron chi connectivity index (χ3n) is 4.40. The smallest absolute Gasteiger partial charge is 0.293 e. The van der Waals surface area contributed by atoms with Crippen LogP contribution in [0.3, 0.4) is 0 Å². The number of hydrogen-bond donors (Lipinski definition) is 3. The number of carbonyl (C=O) groups is 1. The molecule has 1 saturated carbocycles. The average molecular weight is 404 g/mol. The number of amides is 1. The van der Waals surface area contributed by atoms with E-state index in [-0.39, 0.29) is 27.9 Å². The van der Waals surface area contributed by atoms with E-state index in [4.69, 9.17) is 0 Å². The van der Waals surface area contributed by atoms with E-state index in [1.807, 2.05) is 0 Å². The Morgan fingerprint density at radius 2 is 1.89 bits per heavy atom. The fourth-order valence-corrected chi connectivity index (χ4v) is 3.67. The van der Waals surface area contributed by atoms with Crippen molar-refractivity contribution in [3.05, 3.63) is 57.6 Å². The summed E-state index contributed by atoms with van der Waals surface area (Å²) < 4.78 is 26.4. The first-order chi connectivity index (χ1) is 13.2. The van der Waals surface area contributed by atoms with Crippen LogP contribution in [-0.2, 0) is 10.0 Å². The van der Waals surface area contributed by atoms with Crippen molar-refractivity contribution in [3.8, 4) is 0 Å². The molecule has 0 aromatic heterocycles. The second-order valence-corrected chi connectivity index (χ2v) is 8.40. The van der Waals surface area contributed by atoms with E-state index in [0.29, 0.717) is 11.3 Å². The first kappa shape index (κ1) is 19.8. The molecule has 0 spiro atoms. The Hall–Kier alpha value is -2.98. The van der Waals surface area contributed by atoms with Gasteiger partial charge in [0.15, 0.2) is 0 Å². The Balaban J connectivity index is 1.86. The molecule has 9 nitrogen and oxygen atoms in total. The van der Waals surface area contributed by atoms with Crippen LogP contribution in [0, 0.1) is 17.0 Å². The Kier molecular flexibility index (Phi) is 5.34. The lowest BCUT2D eigenvalue weighted by Crippen LogP contribution is -2.20. The number of nitrogens with one attached hydrogen (secondary N) is 3. The van der Waals surface area contributed by atoms with Crippen LogP contribution in [0.2, 0.25) is 0 Å². The summed E-state index contributed by atoms with van der Waals surface area (Å²) in [4.78, 5) is 23.4. The van der Waals surface area contributed by atoms with Gasteiger partial charge in [-0.3, -0.25) is 14.9 Å². The lowest BCUT2D eigenvalue weighted by Gasteiger charge is -2.11. The molecule has 1 aliphatic rings. The number of aryl methyl sites for hydroxylation is 1. The van der Waals surface area contributed by atoms with Gasteiger partial charge >= 0.3 is 0 Å². The van der Waals surface area contributed by atoms with Gasteiger partial charge in [0.05, 0.1) is 9.82 Å². The Morgan fingerprint density at radius 1 is 1.18 bits per heavy atom. The van der Waals surface area contributed by atoms with Gasteiger partial charge in [-0.15, -0.1) is 0 Å². The molecular formula is C18H20N4O5S. The normalized spacial score (nSPS) is 13.8. The molecule has 2 aromatic carbocycles. The van der Waals surface area contributed by atoms with Gasteiger partial charge in [-0.1, -0.05) is 6.07 Å². The highest BCUT2D eigenvalue weighted by Crippen LogP contribution is 2.31. The fourth-order valence-electron chi connectivity index (χ4n) is 2.67. The molecule has 0 heterocycles. The van der Waals surface area contributed by atoms with Gasteiger partial charge in [-0.25, -0.2) is 13.1 Å². The number of hydrogen-bond acceptors (Lipinski definition) is 6. The summed E-state index contributed by atoms with van der Waals surface area (Å²) >= 11 is 0. The second-order valence-electron chi connectivity index (χ2n) is 6.55. The number of benzene rings is 2. The van der Waals surface area contributed by atoms with Crippen molar-refractivity contribution in [2.75, 3.05) is 17.7 Å². The van der Waals surface area contributed by atoms with E-state index < -0.39 is 20.9 Å². The Bertz CT molecular complexity index is 1050. The number of nitro benzene ring substituents is 1. The predicted molar refractivity (Wildman–Crippen MR) is 105 cm³/mol. The molecule has 0 bridgehead atoms. The van der Waals surface area contributed by atoms with Crippen molar-refractivity contribution in [2.45, 2.75) is 30.7 Å². The summed E-state index contributed by atoms with van der Waals surface area (Å²) in [6.45, 7) is 1.64.